The van der Waals surface area contributed by atoms with Crippen molar-refractivity contribution in [1.29, 1.82) is 0 Å². The number of hydrogen-bond acceptors (Lipinski definition) is 2. The van der Waals surface area contributed by atoms with Crippen LogP contribution in [0.4, 0.5) is 0 Å². The third-order valence-electron chi connectivity index (χ3n) is 2.39. The van der Waals surface area contributed by atoms with Gasteiger partial charge in [-0.2, -0.15) is 0 Å². The number of carbonyl (C=O) groups excluding carboxylic acids is 1. The summed E-state index contributed by atoms with van der Waals surface area (Å²) in [7, 11) is 0. The average molecular weight is 338 g/mol. The fraction of sp³-hybridized carbons (Fsp3) is 0.0714. The van der Waals surface area contributed by atoms with E-state index in [1.54, 1.807) is 12.1 Å². The molecule has 0 fully saturated rings. The molecule has 0 saturated carbocycles. The average Bonchev–Trinajstić information content (AvgIpc) is 2.38. The maximum Gasteiger partial charge on any atom is 0.153 e. The van der Waals surface area contributed by atoms with Crippen LogP contribution in [0.2, 0.25) is 0 Å². The Morgan fingerprint density at radius 3 is 2.53 bits per heavy atom. The molecule has 86 valence electrons. The van der Waals surface area contributed by atoms with Gasteiger partial charge in [0.15, 0.2) is 6.29 Å². The van der Waals surface area contributed by atoms with Gasteiger partial charge >= 0.3 is 0 Å². The predicted molar refractivity (Wildman–Crippen MR) is 75.3 cm³/mol. The van der Waals surface area contributed by atoms with Crippen molar-refractivity contribution in [3.63, 3.8) is 0 Å². The van der Waals surface area contributed by atoms with E-state index < -0.39 is 0 Å². The Hall–Kier alpha value is -1.36. The normalized spacial score (nSPS) is 9.94. The van der Waals surface area contributed by atoms with Gasteiger partial charge in [0.1, 0.15) is 12.4 Å². The van der Waals surface area contributed by atoms with Gasteiger partial charge in [0.05, 0.1) is 5.56 Å². The first-order valence-electron chi connectivity index (χ1n) is 5.21. The summed E-state index contributed by atoms with van der Waals surface area (Å²) in [5.74, 6) is 0.627. The van der Waals surface area contributed by atoms with Gasteiger partial charge in [-0.15, -0.1) is 0 Å². The largest absolute Gasteiger partial charge is 0.488 e. The number of carbonyl (C=O) groups is 1. The van der Waals surface area contributed by atoms with E-state index in [1.807, 2.05) is 36.4 Å². The second-order valence-electron chi connectivity index (χ2n) is 3.54. The van der Waals surface area contributed by atoms with Crippen molar-refractivity contribution in [3.8, 4) is 5.75 Å². The molecule has 3 heteroatoms. The van der Waals surface area contributed by atoms with Crippen molar-refractivity contribution < 1.29 is 9.53 Å². The molecule has 2 rings (SSSR count). The van der Waals surface area contributed by atoms with E-state index >= 15 is 0 Å². The Morgan fingerprint density at radius 1 is 1.06 bits per heavy atom. The Kier molecular flexibility index (Phi) is 4.14. The summed E-state index contributed by atoms with van der Waals surface area (Å²) < 4.78 is 6.82. The van der Waals surface area contributed by atoms with E-state index in [-0.39, 0.29) is 0 Å². The standard InChI is InChI=1S/C14H11IO2/c15-13-7-3-1-6-12(13)10-17-14-8-4-2-5-11(14)9-16/h1-9H,10H2. The smallest absolute Gasteiger partial charge is 0.153 e. The summed E-state index contributed by atoms with van der Waals surface area (Å²) in [4.78, 5) is 10.8. The first-order valence-corrected chi connectivity index (χ1v) is 6.29. The van der Waals surface area contributed by atoms with Crippen LogP contribution in [-0.4, -0.2) is 6.29 Å². The molecule has 0 radical (unpaired) electrons. The van der Waals surface area contributed by atoms with Crippen LogP contribution >= 0.6 is 22.6 Å². The highest BCUT2D eigenvalue weighted by atomic mass is 127. The maximum absolute atomic E-state index is 10.8. The van der Waals surface area contributed by atoms with Crippen LogP contribution in [0.3, 0.4) is 0 Å². The number of para-hydroxylation sites is 1. The molecule has 2 nitrogen and oxygen atoms in total. The lowest BCUT2D eigenvalue weighted by molar-refractivity contribution is 0.111. The molecular formula is C14H11IO2. The van der Waals surface area contributed by atoms with Crippen LogP contribution in [0.15, 0.2) is 48.5 Å². The van der Waals surface area contributed by atoms with Gasteiger partial charge < -0.3 is 4.74 Å². The highest BCUT2D eigenvalue weighted by Crippen LogP contribution is 2.19. The van der Waals surface area contributed by atoms with Crippen molar-refractivity contribution >= 4 is 28.9 Å². The number of hydrogen-bond donors (Lipinski definition) is 0. The van der Waals surface area contributed by atoms with Gasteiger partial charge in [-0.05, 0) is 40.8 Å². The topological polar surface area (TPSA) is 26.3 Å². The van der Waals surface area contributed by atoms with Crippen LogP contribution in [0, 0.1) is 3.57 Å². The van der Waals surface area contributed by atoms with Crippen molar-refractivity contribution in [2.75, 3.05) is 0 Å². The highest BCUT2D eigenvalue weighted by molar-refractivity contribution is 14.1. The van der Waals surface area contributed by atoms with Crippen LogP contribution in [0.1, 0.15) is 15.9 Å². The summed E-state index contributed by atoms with van der Waals surface area (Å²) >= 11 is 2.27. The van der Waals surface area contributed by atoms with Crippen LogP contribution in [0.5, 0.6) is 5.75 Å². The first kappa shape index (κ1) is 12.1. The molecule has 0 unspecified atom stereocenters. The molecule has 0 aliphatic rings. The molecule has 0 heterocycles. The number of ether oxygens (including phenoxy) is 1. The maximum atomic E-state index is 10.8. The lowest BCUT2D eigenvalue weighted by Crippen LogP contribution is -1.99. The van der Waals surface area contributed by atoms with Crippen molar-refractivity contribution in [1.82, 2.24) is 0 Å². The summed E-state index contributed by atoms with van der Waals surface area (Å²) in [5.41, 5.74) is 1.70. The monoisotopic (exact) mass is 338 g/mol. The molecule has 0 amide bonds. The molecule has 2 aromatic rings. The van der Waals surface area contributed by atoms with Crippen LogP contribution in [0.25, 0.3) is 0 Å². The second-order valence-corrected chi connectivity index (χ2v) is 4.70. The quantitative estimate of drug-likeness (QED) is 0.628. The molecule has 0 bridgehead atoms. The SMILES string of the molecule is O=Cc1ccccc1OCc1ccccc1I. The van der Waals surface area contributed by atoms with Crippen molar-refractivity contribution in [3.05, 3.63) is 63.2 Å². The Balaban J connectivity index is 2.13. The molecular weight excluding hydrogens is 327 g/mol. The van der Waals surface area contributed by atoms with Gasteiger partial charge in [0.25, 0.3) is 0 Å². The lowest BCUT2D eigenvalue weighted by atomic mass is 10.2. The number of aldehydes is 1. The molecule has 0 aromatic heterocycles. The van der Waals surface area contributed by atoms with E-state index in [9.17, 15) is 4.79 Å². The summed E-state index contributed by atoms with van der Waals surface area (Å²) in [6.07, 6.45) is 0.811. The lowest BCUT2D eigenvalue weighted by Gasteiger charge is -2.09. The van der Waals surface area contributed by atoms with E-state index in [1.165, 1.54) is 0 Å². The van der Waals surface area contributed by atoms with Crippen LogP contribution < -0.4 is 4.74 Å². The van der Waals surface area contributed by atoms with E-state index in [0.717, 1.165) is 15.4 Å². The number of rotatable bonds is 4. The van der Waals surface area contributed by atoms with Gasteiger partial charge in [0.2, 0.25) is 0 Å². The predicted octanol–water partition coefficient (Wildman–Crippen LogP) is 3.68. The molecule has 17 heavy (non-hydrogen) atoms. The van der Waals surface area contributed by atoms with Crippen molar-refractivity contribution in [2.24, 2.45) is 0 Å². The minimum absolute atomic E-state index is 0.476. The fourth-order valence-electron chi connectivity index (χ4n) is 1.48. The minimum Gasteiger partial charge on any atom is -0.488 e. The zero-order valence-corrected chi connectivity index (χ0v) is 11.3. The molecule has 0 N–H and O–H groups in total. The Bertz CT molecular complexity index is 523. The van der Waals surface area contributed by atoms with E-state index in [0.29, 0.717) is 17.9 Å². The molecule has 0 aliphatic heterocycles. The molecule has 0 aliphatic carbocycles. The molecule has 0 saturated heterocycles. The molecule has 2 aromatic carbocycles. The third kappa shape index (κ3) is 3.06. The Labute approximate surface area is 114 Å². The number of benzene rings is 2. The van der Waals surface area contributed by atoms with Gasteiger partial charge in [-0.3, -0.25) is 4.79 Å². The van der Waals surface area contributed by atoms with Gasteiger partial charge in [0, 0.05) is 9.13 Å². The van der Waals surface area contributed by atoms with E-state index in [2.05, 4.69) is 22.6 Å². The number of halogens is 1. The summed E-state index contributed by atoms with van der Waals surface area (Å²) in [5, 5.41) is 0. The van der Waals surface area contributed by atoms with Crippen molar-refractivity contribution in [2.45, 2.75) is 6.61 Å². The van der Waals surface area contributed by atoms with Gasteiger partial charge in [-0.25, -0.2) is 0 Å². The Morgan fingerprint density at radius 2 is 1.76 bits per heavy atom. The molecule has 0 spiro atoms. The van der Waals surface area contributed by atoms with Crippen LogP contribution in [-0.2, 0) is 6.61 Å². The second kappa shape index (κ2) is 5.82. The minimum atomic E-state index is 0.476. The van der Waals surface area contributed by atoms with E-state index in [4.69, 9.17) is 4.74 Å². The zero-order chi connectivity index (χ0) is 12.1. The summed E-state index contributed by atoms with van der Waals surface area (Å²) in [6, 6.07) is 15.3. The fourth-order valence-corrected chi connectivity index (χ4v) is 2.02. The first-order chi connectivity index (χ1) is 8.31. The zero-order valence-electron chi connectivity index (χ0n) is 9.10. The molecule has 0 atom stereocenters. The third-order valence-corrected chi connectivity index (χ3v) is 3.44. The highest BCUT2D eigenvalue weighted by Gasteiger charge is 2.03. The summed E-state index contributed by atoms with van der Waals surface area (Å²) in [6.45, 7) is 0.476. The van der Waals surface area contributed by atoms with Gasteiger partial charge in [-0.1, -0.05) is 30.3 Å².